The molecule has 0 amide bonds. The molecule has 3 nitrogen and oxygen atoms in total. The molecule has 3 rings (SSSR count). The molecule has 1 aliphatic heterocycles. The van der Waals surface area contributed by atoms with E-state index in [1.165, 1.54) is 81.5 Å². The summed E-state index contributed by atoms with van der Waals surface area (Å²) in [7, 11) is 0. The minimum atomic E-state index is 0.662. The highest BCUT2D eigenvalue weighted by atomic mass is 15.1. The highest BCUT2D eigenvalue weighted by molar-refractivity contribution is 5.64. The van der Waals surface area contributed by atoms with Crippen molar-refractivity contribution in [3.8, 4) is 0 Å². The van der Waals surface area contributed by atoms with Crippen LogP contribution in [-0.4, -0.2) is 55.6 Å². The van der Waals surface area contributed by atoms with E-state index in [0.717, 1.165) is 24.7 Å². The number of hydrogen-bond acceptors (Lipinski definition) is 3. The second-order valence-corrected chi connectivity index (χ2v) is 10.7. The third-order valence-corrected chi connectivity index (χ3v) is 7.47. The van der Waals surface area contributed by atoms with Gasteiger partial charge in [0.15, 0.2) is 0 Å². The average Bonchev–Trinajstić information content (AvgIpc) is 2.90. The molecule has 36 heavy (non-hydrogen) atoms. The van der Waals surface area contributed by atoms with E-state index in [2.05, 4.69) is 111 Å². The van der Waals surface area contributed by atoms with Crippen LogP contribution in [0.3, 0.4) is 0 Å². The van der Waals surface area contributed by atoms with Gasteiger partial charge in [-0.05, 0) is 100 Å². The molecule has 0 bridgehead atoms. The molecule has 1 fully saturated rings. The average molecular weight is 492 g/mol. The Kier molecular flexibility index (Phi) is 14.5. The van der Waals surface area contributed by atoms with Crippen LogP contribution in [0.2, 0.25) is 0 Å². The lowest BCUT2D eigenvalue weighted by atomic mass is 9.96. The van der Waals surface area contributed by atoms with Gasteiger partial charge in [-0.15, -0.1) is 0 Å². The van der Waals surface area contributed by atoms with Crippen molar-refractivity contribution in [3.05, 3.63) is 77.9 Å². The van der Waals surface area contributed by atoms with E-state index >= 15 is 0 Å². The second-order valence-electron chi connectivity index (χ2n) is 10.7. The molecule has 1 atom stereocenters. The summed E-state index contributed by atoms with van der Waals surface area (Å²) >= 11 is 0. The van der Waals surface area contributed by atoms with Crippen LogP contribution in [0.4, 0.5) is 0 Å². The maximum Gasteiger partial charge on any atom is 0.0343 e. The van der Waals surface area contributed by atoms with Crippen molar-refractivity contribution < 1.29 is 0 Å². The molecule has 1 aliphatic rings. The number of aryl methyl sites for hydroxylation is 1. The molecule has 0 aromatic heterocycles. The Morgan fingerprint density at radius 1 is 1.00 bits per heavy atom. The molecule has 0 spiro atoms. The standard InChI is InChI=1S/C18H30N2.C15H23N/c1-5-14-20(6-2)15-10-9-13-19-17(4)18-12-8-7-11-16(18)3;1-13-8-10-16(11-9-13)12-14(2)15-6-4-3-5-7-15/h7-8,11-12,19H,4-6,9-10,13-15H2,1-3H3;3-7,13-14H,8-12H2,1-2H3. The lowest BCUT2D eigenvalue weighted by Crippen LogP contribution is -2.35. The third-order valence-electron chi connectivity index (χ3n) is 7.47. The summed E-state index contributed by atoms with van der Waals surface area (Å²) in [6.07, 6.45) is 6.45. The first-order chi connectivity index (χ1) is 17.4. The van der Waals surface area contributed by atoms with Gasteiger partial charge in [0, 0.05) is 18.8 Å². The summed E-state index contributed by atoms with van der Waals surface area (Å²) in [4.78, 5) is 5.15. The molecule has 3 heteroatoms. The quantitative estimate of drug-likeness (QED) is 0.291. The minimum Gasteiger partial charge on any atom is -0.385 e. The first-order valence-corrected chi connectivity index (χ1v) is 14.4. The molecular formula is C33H53N3. The summed E-state index contributed by atoms with van der Waals surface area (Å²) in [6, 6.07) is 19.3. The van der Waals surface area contributed by atoms with Gasteiger partial charge < -0.3 is 15.1 Å². The van der Waals surface area contributed by atoms with Gasteiger partial charge in [-0.25, -0.2) is 0 Å². The predicted octanol–water partition coefficient (Wildman–Crippen LogP) is 7.59. The van der Waals surface area contributed by atoms with Gasteiger partial charge in [-0.2, -0.15) is 0 Å². The van der Waals surface area contributed by atoms with Crippen LogP contribution in [0.25, 0.3) is 5.70 Å². The van der Waals surface area contributed by atoms with Gasteiger partial charge in [0.2, 0.25) is 0 Å². The Morgan fingerprint density at radius 2 is 1.67 bits per heavy atom. The van der Waals surface area contributed by atoms with Crippen molar-refractivity contribution in [3.63, 3.8) is 0 Å². The van der Waals surface area contributed by atoms with Crippen LogP contribution in [0.15, 0.2) is 61.2 Å². The molecule has 2 aromatic carbocycles. The summed E-state index contributed by atoms with van der Waals surface area (Å²) in [5.74, 6) is 1.60. The largest absolute Gasteiger partial charge is 0.385 e. The maximum atomic E-state index is 4.14. The number of nitrogens with zero attached hydrogens (tertiary/aromatic N) is 2. The fourth-order valence-electron chi connectivity index (χ4n) is 4.97. The Labute approximate surface area is 223 Å². The summed E-state index contributed by atoms with van der Waals surface area (Å²) in [5, 5.41) is 3.45. The monoisotopic (exact) mass is 491 g/mol. The maximum absolute atomic E-state index is 4.14. The van der Waals surface area contributed by atoms with E-state index in [0.29, 0.717) is 5.92 Å². The van der Waals surface area contributed by atoms with Crippen molar-refractivity contribution in [2.75, 3.05) is 45.8 Å². The molecule has 1 heterocycles. The van der Waals surface area contributed by atoms with Gasteiger partial charge >= 0.3 is 0 Å². The molecule has 0 radical (unpaired) electrons. The van der Waals surface area contributed by atoms with E-state index in [4.69, 9.17) is 0 Å². The Balaban J connectivity index is 0.000000259. The van der Waals surface area contributed by atoms with Gasteiger partial charge in [-0.3, -0.25) is 0 Å². The smallest absolute Gasteiger partial charge is 0.0343 e. The lowest BCUT2D eigenvalue weighted by Gasteiger charge is -2.32. The summed E-state index contributed by atoms with van der Waals surface area (Å²) < 4.78 is 0. The highest BCUT2D eigenvalue weighted by Gasteiger charge is 2.17. The topological polar surface area (TPSA) is 18.5 Å². The van der Waals surface area contributed by atoms with E-state index < -0.39 is 0 Å². The van der Waals surface area contributed by atoms with Crippen LogP contribution in [0, 0.1) is 12.8 Å². The van der Waals surface area contributed by atoms with E-state index in [9.17, 15) is 0 Å². The van der Waals surface area contributed by atoms with Crippen LogP contribution in [0.5, 0.6) is 0 Å². The van der Waals surface area contributed by atoms with Gasteiger partial charge in [0.25, 0.3) is 0 Å². The van der Waals surface area contributed by atoms with Gasteiger partial charge in [-0.1, -0.05) is 88.9 Å². The number of unbranched alkanes of at least 4 members (excludes halogenated alkanes) is 1. The number of hydrogen-bond donors (Lipinski definition) is 1. The molecule has 1 unspecified atom stereocenters. The third kappa shape index (κ3) is 11.3. The van der Waals surface area contributed by atoms with E-state index in [1.54, 1.807) is 0 Å². The lowest BCUT2D eigenvalue weighted by molar-refractivity contribution is 0.185. The van der Waals surface area contributed by atoms with Crippen LogP contribution in [-0.2, 0) is 0 Å². The summed E-state index contributed by atoms with van der Waals surface area (Å²) in [6.45, 7) is 23.9. The normalized spacial score (nSPS) is 15.3. The molecule has 0 saturated carbocycles. The van der Waals surface area contributed by atoms with Crippen molar-refractivity contribution in [2.24, 2.45) is 5.92 Å². The van der Waals surface area contributed by atoms with Crippen LogP contribution in [0.1, 0.15) is 82.4 Å². The van der Waals surface area contributed by atoms with Crippen LogP contribution < -0.4 is 5.32 Å². The number of benzene rings is 2. The molecular weight excluding hydrogens is 438 g/mol. The number of piperidine rings is 1. The SMILES string of the molecule is C=C(NCCCCN(CC)CCC)c1ccccc1C.CC1CCN(CC(C)c2ccccc2)CC1. The minimum absolute atomic E-state index is 0.662. The number of rotatable bonds is 13. The molecule has 2 aromatic rings. The van der Waals surface area contributed by atoms with Gasteiger partial charge in [0.05, 0.1) is 0 Å². The van der Waals surface area contributed by atoms with Crippen molar-refractivity contribution in [2.45, 2.75) is 72.6 Å². The number of nitrogens with one attached hydrogen (secondary N) is 1. The van der Waals surface area contributed by atoms with E-state index in [1.807, 2.05) is 0 Å². The summed E-state index contributed by atoms with van der Waals surface area (Å²) in [5.41, 5.74) is 5.03. The first-order valence-electron chi connectivity index (χ1n) is 14.4. The first kappa shape index (κ1) is 30.1. The molecule has 1 N–H and O–H groups in total. The second kappa shape index (κ2) is 17.4. The van der Waals surface area contributed by atoms with E-state index in [-0.39, 0.29) is 0 Å². The zero-order chi connectivity index (χ0) is 26.2. The Morgan fingerprint density at radius 3 is 2.31 bits per heavy atom. The fraction of sp³-hybridized carbons (Fsp3) is 0.576. The zero-order valence-electron chi connectivity index (χ0n) is 23.9. The van der Waals surface area contributed by atoms with Crippen LogP contribution >= 0.6 is 0 Å². The predicted molar refractivity (Wildman–Crippen MR) is 160 cm³/mol. The molecule has 1 saturated heterocycles. The highest BCUT2D eigenvalue weighted by Crippen LogP contribution is 2.21. The fourth-order valence-corrected chi connectivity index (χ4v) is 4.97. The number of likely N-dealkylation sites (tertiary alicyclic amines) is 1. The van der Waals surface area contributed by atoms with Crippen molar-refractivity contribution in [1.82, 2.24) is 15.1 Å². The zero-order valence-corrected chi connectivity index (χ0v) is 23.9. The molecule has 0 aliphatic carbocycles. The van der Waals surface area contributed by atoms with Crippen molar-refractivity contribution in [1.29, 1.82) is 0 Å². The Hall–Kier alpha value is -2.10. The Bertz CT molecular complexity index is 839. The van der Waals surface area contributed by atoms with Crippen molar-refractivity contribution >= 4 is 5.70 Å². The van der Waals surface area contributed by atoms with Gasteiger partial charge in [0.1, 0.15) is 0 Å². The molecule has 200 valence electrons.